The molecule has 1 aliphatic heterocycles. The van der Waals surface area contributed by atoms with Crippen LogP contribution in [0.3, 0.4) is 0 Å². The molecule has 4 heteroatoms. The highest BCUT2D eigenvalue weighted by Crippen LogP contribution is 2.64. The first-order chi connectivity index (χ1) is 13.3. The molecule has 28 heavy (non-hydrogen) atoms. The summed E-state index contributed by atoms with van der Waals surface area (Å²) in [5, 5.41) is 3.64. The van der Waals surface area contributed by atoms with Crippen molar-refractivity contribution in [3.8, 4) is 0 Å². The van der Waals surface area contributed by atoms with Crippen molar-refractivity contribution in [1.82, 2.24) is 10.2 Å². The molecule has 3 unspecified atom stereocenters. The third kappa shape index (κ3) is 2.85. The zero-order chi connectivity index (χ0) is 20.1. The first kappa shape index (κ1) is 20.0. The Labute approximate surface area is 170 Å². The van der Waals surface area contributed by atoms with Crippen molar-refractivity contribution in [2.75, 3.05) is 19.6 Å². The number of ketones is 1. The zero-order valence-corrected chi connectivity index (χ0v) is 18.2. The van der Waals surface area contributed by atoms with Gasteiger partial charge in [0, 0.05) is 49.2 Å². The van der Waals surface area contributed by atoms with Gasteiger partial charge in [0.2, 0.25) is 5.91 Å². The molecular formula is C24H38N2O2. The fourth-order valence-electron chi connectivity index (χ4n) is 7.57. The van der Waals surface area contributed by atoms with Crippen molar-refractivity contribution in [3.05, 3.63) is 11.8 Å². The second kappa shape index (κ2) is 7.18. The summed E-state index contributed by atoms with van der Waals surface area (Å²) in [6.45, 7) is 11.6. The molecule has 0 bridgehead atoms. The number of hydrogen-bond acceptors (Lipinski definition) is 3. The highest BCUT2D eigenvalue weighted by atomic mass is 16.2. The number of rotatable bonds is 3. The van der Waals surface area contributed by atoms with Crippen LogP contribution in [0.5, 0.6) is 0 Å². The average Bonchev–Trinajstić information content (AvgIpc) is 2.95. The first-order valence-corrected chi connectivity index (χ1v) is 11.6. The van der Waals surface area contributed by atoms with Crippen molar-refractivity contribution in [3.63, 3.8) is 0 Å². The van der Waals surface area contributed by atoms with Crippen molar-refractivity contribution < 1.29 is 9.59 Å². The topological polar surface area (TPSA) is 49.4 Å². The number of carbonyl (C=O) groups is 2. The molecule has 4 nitrogen and oxygen atoms in total. The second-order valence-electron chi connectivity index (χ2n) is 10.2. The standard InChI is InChI=1S/C24H38N2O2/c1-5-26(6-2)22(28)20-8-7-18-17-11-14-25-21-15-16(27)9-12-24(21,4)19(17)10-13-23(18,20)3/h15,17-20,25H,5-14H2,1-4H3/t17?,18?,19?,20-,23+,24-/m1/s1. The van der Waals surface area contributed by atoms with E-state index in [0.29, 0.717) is 30.1 Å². The molecule has 0 aromatic heterocycles. The molecule has 3 fully saturated rings. The minimum Gasteiger partial charge on any atom is -0.388 e. The van der Waals surface area contributed by atoms with Crippen molar-refractivity contribution >= 4 is 11.7 Å². The summed E-state index contributed by atoms with van der Waals surface area (Å²) in [4.78, 5) is 27.4. The summed E-state index contributed by atoms with van der Waals surface area (Å²) in [5.74, 6) is 2.84. The van der Waals surface area contributed by atoms with E-state index in [0.717, 1.165) is 38.9 Å². The molecule has 4 rings (SSSR count). The fourth-order valence-corrected chi connectivity index (χ4v) is 7.57. The van der Waals surface area contributed by atoms with Gasteiger partial charge in [-0.3, -0.25) is 9.59 Å². The number of amides is 1. The number of hydrogen-bond donors (Lipinski definition) is 1. The van der Waals surface area contributed by atoms with Gasteiger partial charge >= 0.3 is 0 Å². The van der Waals surface area contributed by atoms with Gasteiger partial charge in [0.15, 0.2) is 5.78 Å². The third-order valence-corrected chi connectivity index (χ3v) is 9.23. The lowest BCUT2D eigenvalue weighted by molar-refractivity contribution is -0.142. The molecular weight excluding hydrogens is 348 g/mol. The second-order valence-corrected chi connectivity index (χ2v) is 10.2. The van der Waals surface area contributed by atoms with Gasteiger partial charge in [-0.15, -0.1) is 0 Å². The van der Waals surface area contributed by atoms with Gasteiger partial charge in [0.1, 0.15) is 0 Å². The summed E-state index contributed by atoms with van der Waals surface area (Å²) < 4.78 is 0. The first-order valence-electron chi connectivity index (χ1n) is 11.6. The van der Waals surface area contributed by atoms with Gasteiger partial charge in [-0.1, -0.05) is 13.8 Å². The van der Waals surface area contributed by atoms with Crippen LogP contribution in [0.15, 0.2) is 11.8 Å². The van der Waals surface area contributed by atoms with Gasteiger partial charge in [0.05, 0.1) is 0 Å². The minimum atomic E-state index is 0.109. The zero-order valence-electron chi connectivity index (χ0n) is 18.2. The Balaban J connectivity index is 1.63. The molecule has 156 valence electrons. The van der Waals surface area contributed by atoms with Crippen LogP contribution >= 0.6 is 0 Å². The Kier molecular flexibility index (Phi) is 5.12. The Hall–Kier alpha value is -1.32. The lowest BCUT2D eigenvalue weighted by Gasteiger charge is -2.53. The maximum absolute atomic E-state index is 13.3. The van der Waals surface area contributed by atoms with Gasteiger partial charge in [-0.05, 0) is 75.5 Å². The quantitative estimate of drug-likeness (QED) is 0.792. The smallest absolute Gasteiger partial charge is 0.226 e. The number of allylic oxidation sites excluding steroid dienone is 2. The Morgan fingerprint density at radius 1 is 1.11 bits per heavy atom. The molecule has 0 spiro atoms. The Morgan fingerprint density at radius 2 is 1.86 bits per heavy atom. The van der Waals surface area contributed by atoms with E-state index in [2.05, 4.69) is 33.0 Å². The summed E-state index contributed by atoms with van der Waals surface area (Å²) in [5.41, 5.74) is 1.46. The van der Waals surface area contributed by atoms with Gasteiger partial charge in [-0.2, -0.15) is 0 Å². The molecule has 0 radical (unpaired) electrons. The van der Waals surface area contributed by atoms with Crippen molar-refractivity contribution in [2.45, 2.75) is 72.6 Å². The van der Waals surface area contributed by atoms with Crippen LogP contribution in [0.4, 0.5) is 0 Å². The molecule has 3 aliphatic carbocycles. The molecule has 1 saturated heterocycles. The van der Waals surface area contributed by atoms with E-state index in [-0.39, 0.29) is 22.5 Å². The highest BCUT2D eigenvalue weighted by molar-refractivity contribution is 5.91. The van der Waals surface area contributed by atoms with Crippen molar-refractivity contribution in [2.24, 2.45) is 34.5 Å². The molecule has 4 aliphatic rings. The summed E-state index contributed by atoms with van der Waals surface area (Å²) in [6.07, 6.45) is 9.37. The number of nitrogens with zero attached hydrogens (tertiary/aromatic N) is 1. The van der Waals surface area contributed by atoms with Crippen LogP contribution < -0.4 is 5.32 Å². The summed E-state index contributed by atoms with van der Waals surface area (Å²) in [6, 6.07) is 0. The molecule has 1 amide bonds. The molecule has 0 aromatic rings. The van der Waals surface area contributed by atoms with Crippen LogP contribution in [0, 0.1) is 34.5 Å². The predicted octanol–water partition coefficient (Wildman–Crippen LogP) is 4.16. The summed E-state index contributed by atoms with van der Waals surface area (Å²) in [7, 11) is 0. The van der Waals surface area contributed by atoms with Crippen LogP contribution in [-0.2, 0) is 9.59 Å². The van der Waals surface area contributed by atoms with Crippen LogP contribution in [0.25, 0.3) is 0 Å². The lowest BCUT2D eigenvalue weighted by Crippen LogP contribution is -2.50. The normalized spacial score (nSPS) is 42.4. The van der Waals surface area contributed by atoms with Crippen molar-refractivity contribution in [1.29, 1.82) is 0 Å². The molecule has 6 atom stereocenters. The average molecular weight is 387 g/mol. The maximum atomic E-state index is 13.3. The fraction of sp³-hybridized carbons (Fsp3) is 0.833. The van der Waals surface area contributed by atoms with E-state index in [1.165, 1.54) is 25.0 Å². The van der Waals surface area contributed by atoms with E-state index in [9.17, 15) is 9.59 Å². The van der Waals surface area contributed by atoms with E-state index in [4.69, 9.17) is 0 Å². The Bertz CT molecular complexity index is 682. The van der Waals surface area contributed by atoms with E-state index in [1.807, 2.05) is 11.0 Å². The number of carbonyl (C=O) groups excluding carboxylic acids is 2. The van der Waals surface area contributed by atoms with E-state index in [1.54, 1.807) is 0 Å². The lowest BCUT2D eigenvalue weighted by atomic mass is 9.51. The molecule has 1 heterocycles. The maximum Gasteiger partial charge on any atom is 0.226 e. The largest absolute Gasteiger partial charge is 0.388 e. The molecule has 1 N–H and O–H groups in total. The van der Waals surface area contributed by atoms with Gasteiger partial charge in [-0.25, -0.2) is 0 Å². The predicted molar refractivity (Wildman–Crippen MR) is 112 cm³/mol. The third-order valence-electron chi connectivity index (χ3n) is 9.23. The Morgan fingerprint density at radius 3 is 2.57 bits per heavy atom. The van der Waals surface area contributed by atoms with E-state index >= 15 is 0 Å². The monoisotopic (exact) mass is 386 g/mol. The highest BCUT2D eigenvalue weighted by Gasteiger charge is 2.59. The summed E-state index contributed by atoms with van der Waals surface area (Å²) >= 11 is 0. The SMILES string of the molecule is CCN(CC)C(=O)[C@H]1CCC2C3CCNC4=CC(=O)CC[C@]4(C)C3CC[C@@]21C. The minimum absolute atomic E-state index is 0.109. The van der Waals surface area contributed by atoms with Crippen LogP contribution in [-0.4, -0.2) is 36.2 Å². The van der Waals surface area contributed by atoms with Gasteiger partial charge < -0.3 is 10.2 Å². The number of fused-ring (bicyclic) bond motifs is 5. The van der Waals surface area contributed by atoms with E-state index < -0.39 is 0 Å². The molecule has 0 aromatic carbocycles. The van der Waals surface area contributed by atoms with Crippen LogP contribution in [0.1, 0.15) is 72.6 Å². The molecule has 2 saturated carbocycles. The van der Waals surface area contributed by atoms with Gasteiger partial charge in [0.25, 0.3) is 0 Å². The van der Waals surface area contributed by atoms with Crippen LogP contribution in [0.2, 0.25) is 0 Å². The number of nitrogens with one attached hydrogen (secondary N) is 1.